The van der Waals surface area contributed by atoms with E-state index in [1.807, 2.05) is 0 Å². The van der Waals surface area contributed by atoms with Gasteiger partial charge in [-0.1, -0.05) is 84.0 Å². The Labute approximate surface area is 213 Å². The summed E-state index contributed by atoms with van der Waals surface area (Å²) in [5.74, 6) is -4.78. The Bertz CT molecular complexity index is 539. The Balaban J connectivity index is 4.60. The summed E-state index contributed by atoms with van der Waals surface area (Å²) >= 11 is 0. The molecule has 0 saturated heterocycles. The molecule has 0 rings (SSSR count). The first kappa shape index (κ1) is 33.4. The third-order valence-electron chi connectivity index (χ3n) is 7.23. The zero-order valence-electron chi connectivity index (χ0n) is 23.0. The van der Waals surface area contributed by atoms with Crippen molar-refractivity contribution < 1.29 is 34.2 Å². The van der Waals surface area contributed by atoms with Crippen molar-refractivity contribution in [3.63, 3.8) is 0 Å². The molecule has 0 spiro atoms. The zero-order chi connectivity index (χ0) is 26.7. The maximum absolute atomic E-state index is 11.6. The molecule has 0 bridgehead atoms. The number of quaternary nitrogens is 1. The minimum atomic E-state index is -0.931. The van der Waals surface area contributed by atoms with E-state index >= 15 is 0 Å². The molecule has 0 amide bonds. The molecule has 0 aromatic heterocycles. The standard InChI is InChI=1S/C28H53NO6/c1-5-6-7-8-9-10-11-12-13-14-15-16-17-18-19-29(20-23(2)26(30)31,21-24(3)27(32)33)22-25(4)28(34)35/h23-25H,5-22H2,1-4H3,(H2-,30,31,32,33,34,35)/p+1. The average molecular weight is 501 g/mol. The number of rotatable bonds is 24. The van der Waals surface area contributed by atoms with E-state index in [0.29, 0.717) is 6.54 Å². The van der Waals surface area contributed by atoms with Gasteiger partial charge >= 0.3 is 17.9 Å². The van der Waals surface area contributed by atoms with Gasteiger partial charge in [0.15, 0.2) is 0 Å². The second kappa shape index (κ2) is 19.5. The lowest BCUT2D eigenvalue weighted by Crippen LogP contribution is -2.57. The number of carboxylic acid groups (broad SMARTS) is 3. The van der Waals surface area contributed by atoms with Crippen molar-refractivity contribution in [1.29, 1.82) is 0 Å². The van der Waals surface area contributed by atoms with Crippen LogP contribution in [0.2, 0.25) is 0 Å². The summed E-state index contributed by atoms with van der Waals surface area (Å²) in [6.45, 7) is 8.49. The molecule has 0 aliphatic heterocycles. The number of hydrogen-bond donors (Lipinski definition) is 3. The van der Waals surface area contributed by atoms with E-state index in [4.69, 9.17) is 0 Å². The minimum Gasteiger partial charge on any atom is -0.481 e. The van der Waals surface area contributed by atoms with E-state index in [1.165, 1.54) is 70.6 Å². The second-order valence-electron chi connectivity index (χ2n) is 10.9. The predicted octanol–water partition coefficient (Wildman–Crippen LogP) is 6.45. The Morgan fingerprint density at radius 1 is 0.514 bits per heavy atom. The van der Waals surface area contributed by atoms with Crippen LogP contribution < -0.4 is 0 Å². The highest BCUT2D eigenvalue weighted by atomic mass is 16.4. The van der Waals surface area contributed by atoms with E-state index in [9.17, 15) is 29.7 Å². The fourth-order valence-electron chi connectivity index (χ4n) is 5.12. The predicted molar refractivity (Wildman–Crippen MR) is 140 cm³/mol. The molecule has 206 valence electrons. The number of carboxylic acids is 3. The van der Waals surface area contributed by atoms with Crippen molar-refractivity contribution >= 4 is 17.9 Å². The summed E-state index contributed by atoms with van der Waals surface area (Å²) in [5, 5.41) is 28.5. The highest BCUT2D eigenvalue weighted by Gasteiger charge is 2.38. The fourth-order valence-corrected chi connectivity index (χ4v) is 5.12. The quantitative estimate of drug-likeness (QED) is 0.104. The lowest BCUT2D eigenvalue weighted by Gasteiger charge is -2.42. The number of aliphatic carboxylic acids is 3. The van der Waals surface area contributed by atoms with E-state index in [1.54, 1.807) is 20.8 Å². The maximum Gasteiger partial charge on any atom is 0.311 e. The van der Waals surface area contributed by atoms with Crippen molar-refractivity contribution in [2.45, 2.75) is 118 Å². The second-order valence-corrected chi connectivity index (χ2v) is 10.9. The number of nitrogens with zero attached hydrogens (tertiary/aromatic N) is 1. The Kier molecular flexibility index (Phi) is 18.6. The van der Waals surface area contributed by atoms with Gasteiger partial charge in [0.2, 0.25) is 0 Å². The maximum atomic E-state index is 11.6. The molecular formula is C28H54NO6+. The fraction of sp³-hybridized carbons (Fsp3) is 0.893. The summed E-state index contributed by atoms with van der Waals surface area (Å²) in [6.07, 6.45) is 17.4. The third kappa shape index (κ3) is 16.6. The van der Waals surface area contributed by atoms with E-state index < -0.39 is 35.7 Å². The highest BCUT2D eigenvalue weighted by Crippen LogP contribution is 2.22. The molecule has 0 aromatic rings. The zero-order valence-corrected chi connectivity index (χ0v) is 23.0. The van der Waals surface area contributed by atoms with Crippen LogP contribution in [0.3, 0.4) is 0 Å². The van der Waals surface area contributed by atoms with Gasteiger partial charge in [-0.3, -0.25) is 14.4 Å². The van der Waals surface area contributed by atoms with Crippen LogP contribution in [0.15, 0.2) is 0 Å². The summed E-state index contributed by atoms with van der Waals surface area (Å²) in [6, 6.07) is 0. The van der Waals surface area contributed by atoms with Gasteiger partial charge in [-0.2, -0.15) is 0 Å². The van der Waals surface area contributed by atoms with Gasteiger partial charge in [0, 0.05) is 0 Å². The molecule has 7 heteroatoms. The summed E-state index contributed by atoms with van der Waals surface area (Å²) in [4.78, 5) is 34.7. The third-order valence-corrected chi connectivity index (χ3v) is 7.23. The Morgan fingerprint density at radius 2 is 0.771 bits per heavy atom. The van der Waals surface area contributed by atoms with E-state index in [0.717, 1.165) is 19.3 Å². The van der Waals surface area contributed by atoms with Crippen LogP contribution in [0.5, 0.6) is 0 Å². The van der Waals surface area contributed by atoms with Crippen LogP contribution in [0, 0.1) is 17.8 Å². The Morgan fingerprint density at radius 3 is 1.03 bits per heavy atom. The van der Waals surface area contributed by atoms with Crippen LogP contribution in [-0.2, 0) is 14.4 Å². The summed E-state index contributed by atoms with van der Waals surface area (Å²) < 4.78 is 0.229. The van der Waals surface area contributed by atoms with Gasteiger partial charge in [0.05, 0.1) is 26.2 Å². The van der Waals surface area contributed by atoms with Gasteiger partial charge in [-0.15, -0.1) is 0 Å². The molecule has 7 nitrogen and oxygen atoms in total. The molecule has 3 N–H and O–H groups in total. The monoisotopic (exact) mass is 500 g/mol. The van der Waals surface area contributed by atoms with Gasteiger partial charge in [0.1, 0.15) is 17.8 Å². The first-order valence-corrected chi connectivity index (χ1v) is 14.1. The highest BCUT2D eigenvalue weighted by molar-refractivity contribution is 5.70. The van der Waals surface area contributed by atoms with E-state index in [2.05, 4.69) is 6.92 Å². The summed E-state index contributed by atoms with van der Waals surface area (Å²) in [5.41, 5.74) is 0. The van der Waals surface area contributed by atoms with Crippen molar-refractivity contribution in [1.82, 2.24) is 0 Å². The van der Waals surface area contributed by atoms with E-state index in [-0.39, 0.29) is 24.1 Å². The minimum absolute atomic E-state index is 0.229. The van der Waals surface area contributed by atoms with Gasteiger partial charge in [-0.25, -0.2) is 0 Å². The van der Waals surface area contributed by atoms with Crippen LogP contribution in [0.25, 0.3) is 0 Å². The smallest absolute Gasteiger partial charge is 0.311 e. The molecule has 0 fully saturated rings. The van der Waals surface area contributed by atoms with Crippen molar-refractivity contribution in [3.8, 4) is 0 Å². The van der Waals surface area contributed by atoms with Crippen LogP contribution in [-0.4, -0.2) is 63.9 Å². The molecule has 35 heavy (non-hydrogen) atoms. The molecule has 0 heterocycles. The topological polar surface area (TPSA) is 112 Å². The molecule has 3 unspecified atom stereocenters. The Hall–Kier alpha value is -1.63. The van der Waals surface area contributed by atoms with Crippen molar-refractivity contribution in [2.24, 2.45) is 17.8 Å². The number of unbranched alkanes of at least 4 members (excludes halogenated alkanes) is 13. The SMILES string of the molecule is CCCCCCCCCCCCCCCC[N+](CC(C)C(=O)O)(CC(C)C(=O)O)CC(C)C(=O)O. The van der Waals surface area contributed by atoms with Gasteiger partial charge < -0.3 is 19.8 Å². The molecular weight excluding hydrogens is 446 g/mol. The molecule has 0 aliphatic carbocycles. The largest absolute Gasteiger partial charge is 0.481 e. The molecule has 3 atom stereocenters. The first-order chi connectivity index (χ1) is 16.5. The lowest BCUT2D eigenvalue weighted by atomic mass is 10.00. The van der Waals surface area contributed by atoms with Crippen LogP contribution in [0.4, 0.5) is 0 Å². The summed E-state index contributed by atoms with van der Waals surface area (Å²) in [7, 11) is 0. The van der Waals surface area contributed by atoms with Gasteiger partial charge in [-0.05, 0) is 33.6 Å². The number of carbonyl (C=O) groups is 3. The van der Waals surface area contributed by atoms with Crippen LogP contribution in [0.1, 0.15) is 118 Å². The molecule has 0 saturated carbocycles. The molecule has 0 aliphatic rings. The lowest BCUT2D eigenvalue weighted by molar-refractivity contribution is -0.934. The van der Waals surface area contributed by atoms with Crippen molar-refractivity contribution in [3.05, 3.63) is 0 Å². The van der Waals surface area contributed by atoms with Crippen LogP contribution >= 0.6 is 0 Å². The molecule has 0 radical (unpaired) electrons. The number of hydrogen-bond acceptors (Lipinski definition) is 3. The van der Waals surface area contributed by atoms with Crippen molar-refractivity contribution in [2.75, 3.05) is 26.2 Å². The normalized spacial score (nSPS) is 15.8. The average Bonchev–Trinajstić information content (AvgIpc) is 2.78. The first-order valence-electron chi connectivity index (χ1n) is 14.1. The van der Waals surface area contributed by atoms with Gasteiger partial charge in [0.25, 0.3) is 0 Å². The molecule has 0 aromatic carbocycles.